The molecule has 0 aromatic rings. The minimum atomic E-state index is -0.296. The summed E-state index contributed by atoms with van der Waals surface area (Å²) in [6.07, 6.45) is 4.18. The third-order valence-corrected chi connectivity index (χ3v) is 2.05. The average molecular weight is 157 g/mol. The van der Waals surface area contributed by atoms with Crippen molar-refractivity contribution < 1.29 is 4.79 Å². The predicted octanol–water partition coefficient (Wildman–Crippen LogP) is 1.74. The molecule has 11 heavy (non-hydrogen) atoms. The van der Waals surface area contributed by atoms with Crippen LogP contribution in [0.4, 0.5) is 0 Å². The molecular weight excluding hydrogens is 138 g/mol. The van der Waals surface area contributed by atoms with Crippen LogP contribution in [0.15, 0.2) is 0 Å². The lowest BCUT2D eigenvalue weighted by Gasteiger charge is -2.22. The second kappa shape index (κ2) is 5.30. The Hall–Kier alpha value is -0.370. The minimum Gasteiger partial charge on any atom is -0.305 e. The van der Waals surface area contributed by atoms with Crippen molar-refractivity contribution in [2.45, 2.75) is 45.6 Å². The van der Waals surface area contributed by atoms with Gasteiger partial charge in [0.15, 0.2) is 0 Å². The number of hydrogen-bond acceptors (Lipinski definition) is 2. The SMILES string of the molecule is CCCCNC(C)(C=O)CC. The standard InChI is InChI=1S/C9H19NO/c1-4-6-7-10-9(3,5-2)8-11/h8,10H,4-7H2,1-3H3. The maximum Gasteiger partial charge on any atom is 0.139 e. The van der Waals surface area contributed by atoms with Crippen LogP contribution < -0.4 is 5.32 Å². The van der Waals surface area contributed by atoms with Crippen LogP contribution in [0.2, 0.25) is 0 Å². The van der Waals surface area contributed by atoms with Gasteiger partial charge in [-0.25, -0.2) is 0 Å². The highest BCUT2D eigenvalue weighted by Crippen LogP contribution is 2.04. The zero-order valence-corrected chi connectivity index (χ0v) is 7.81. The van der Waals surface area contributed by atoms with Crippen molar-refractivity contribution in [2.24, 2.45) is 0 Å². The van der Waals surface area contributed by atoms with Crippen LogP contribution in [0, 0.1) is 0 Å². The molecule has 0 aliphatic carbocycles. The summed E-state index contributed by atoms with van der Waals surface area (Å²) in [7, 11) is 0. The fourth-order valence-electron chi connectivity index (χ4n) is 0.801. The number of carbonyl (C=O) groups excluding carboxylic acids is 1. The van der Waals surface area contributed by atoms with Crippen LogP contribution in [0.3, 0.4) is 0 Å². The smallest absolute Gasteiger partial charge is 0.139 e. The van der Waals surface area contributed by atoms with Crippen molar-refractivity contribution in [3.63, 3.8) is 0 Å². The monoisotopic (exact) mass is 157 g/mol. The lowest BCUT2D eigenvalue weighted by Crippen LogP contribution is -2.43. The summed E-state index contributed by atoms with van der Waals surface area (Å²) in [4.78, 5) is 10.6. The van der Waals surface area contributed by atoms with Gasteiger partial charge in [-0.15, -0.1) is 0 Å². The molecule has 2 nitrogen and oxygen atoms in total. The first-order valence-electron chi connectivity index (χ1n) is 4.40. The van der Waals surface area contributed by atoms with Gasteiger partial charge in [-0.3, -0.25) is 0 Å². The first-order valence-corrected chi connectivity index (χ1v) is 4.40. The zero-order valence-electron chi connectivity index (χ0n) is 7.81. The molecule has 1 unspecified atom stereocenters. The van der Waals surface area contributed by atoms with Gasteiger partial charge in [0.05, 0.1) is 5.54 Å². The van der Waals surface area contributed by atoms with Crippen molar-refractivity contribution in [2.75, 3.05) is 6.54 Å². The quantitative estimate of drug-likeness (QED) is 0.470. The fourth-order valence-corrected chi connectivity index (χ4v) is 0.801. The van der Waals surface area contributed by atoms with E-state index in [0.29, 0.717) is 0 Å². The van der Waals surface area contributed by atoms with E-state index in [1.54, 1.807) is 0 Å². The Morgan fingerprint density at radius 3 is 2.45 bits per heavy atom. The molecule has 66 valence electrons. The Labute approximate surface area is 69.4 Å². The number of hydrogen-bond donors (Lipinski definition) is 1. The van der Waals surface area contributed by atoms with Crippen molar-refractivity contribution in [1.82, 2.24) is 5.32 Å². The van der Waals surface area contributed by atoms with E-state index in [1.165, 1.54) is 6.42 Å². The molecule has 0 rings (SSSR count). The van der Waals surface area contributed by atoms with E-state index in [4.69, 9.17) is 0 Å². The summed E-state index contributed by atoms with van der Waals surface area (Å²) in [6, 6.07) is 0. The first-order chi connectivity index (χ1) is 5.18. The molecule has 0 bridgehead atoms. The molecule has 0 saturated heterocycles. The molecule has 0 aromatic carbocycles. The molecule has 0 aromatic heterocycles. The summed E-state index contributed by atoms with van der Waals surface area (Å²) < 4.78 is 0. The maximum atomic E-state index is 10.6. The summed E-state index contributed by atoms with van der Waals surface area (Å²) in [5.41, 5.74) is -0.296. The van der Waals surface area contributed by atoms with E-state index >= 15 is 0 Å². The highest BCUT2D eigenvalue weighted by molar-refractivity contribution is 5.63. The predicted molar refractivity (Wildman–Crippen MR) is 47.7 cm³/mol. The Morgan fingerprint density at radius 2 is 2.09 bits per heavy atom. The lowest BCUT2D eigenvalue weighted by atomic mass is 10.0. The molecule has 1 N–H and O–H groups in total. The summed E-state index contributed by atoms with van der Waals surface area (Å²) in [5.74, 6) is 0. The van der Waals surface area contributed by atoms with Crippen molar-refractivity contribution in [1.29, 1.82) is 0 Å². The van der Waals surface area contributed by atoms with E-state index in [0.717, 1.165) is 25.7 Å². The molecule has 1 atom stereocenters. The second-order valence-electron chi connectivity index (χ2n) is 3.17. The van der Waals surface area contributed by atoms with E-state index in [9.17, 15) is 4.79 Å². The first kappa shape index (κ1) is 10.6. The summed E-state index contributed by atoms with van der Waals surface area (Å²) in [6.45, 7) is 7.05. The van der Waals surface area contributed by atoms with Crippen molar-refractivity contribution in [3.05, 3.63) is 0 Å². The van der Waals surface area contributed by atoms with Crippen molar-refractivity contribution in [3.8, 4) is 0 Å². The highest BCUT2D eigenvalue weighted by atomic mass is 16.1. The van der Waals surface area contributed by atoms with Crippen LogP contribution in [0.5, 0.6) is 0 Å². The van der Waals surface area contributed by atoms with Gasteiger partial charge < -0.3 is 10.1 Å². The van der Waals surface area contributed by atoms with Crippen molar-refractivity contribution >= 4 is 6.29 Å². The Morgan fingerprint density at radius 1 is 1.45 bits per heavy atom. The average Bonchev–Trinajstić information content (AvgIpc) is 2.05. The molecule has 0 fully saturated rings. The topological polar surface area (TPSA) is 29.1 Å². The zero-order chi connectivity index (χ0) is 8.74. The fraction of sp³-hybridized carbons (Fsp3) is 0.889. The Bertz CT molecular complexity index is 114. The van der Waals surface area contributed by atoms with Crippen LogP contribution in [-0.2, 0) is 4.79 Å². The molecule has 0 radical (unpaired) electrons. The van der Waals surface area contributed by atoms with Gasteiger partial charge >= 0.3 is 0 Å². The summed E-state index contributed by atoms with van der Waals surface area (Å²) in [5, 5.41) is 3.23. The third-order valence-electron chi connectivity index (χ3n) is 2.05. The van der Waals surface area contributed by atoms with E-state index in [2.05, 4.69) is 12.2 Å². The van der Waals surface area contributed by atoms with Gasteiger partial charge in [0.25, 0.3) is 0 Å². The molecular formula is C9H19NO. The number of aldehydes is 1. The van der Waals surface area contributed by atoms with E-state index in [1.807, 2.05) is 13.8 Å². The second-order valence-corrected chi connectivity index (χ2v) is 3.17. The number of unbranched alkanes of at least 4 members (excludes halogenated alkanes) is 1. The van der Waals surface area contributed by atoms with Crippen LogP contribution >= 0.6 is 0 Å². The van der Waals surface area contributed by atoms with Crippen LogP contribution in [-0.4, -0.2) is 18.4 Å². The molecule has 0 heterocycles. The van der Waals surface area contributed by atoms with Gasteiger partial charge in [0.2, 0.25) is 0 Å². The molecule has 2 heteroatoms. The normalized spacial score (nSPS) is 15.9. The largest absolute Gasteiger partial charge is 0.305 e. The summed E-state index contributed by atoms with van der Waals surface area (Å²) >= 11 is 0. The highest BCUT2D eigenvalue weighted by Gasteiger charge is 2.18. The van der Waals surface area contributed by atoms with Gasteiger partial charge in [0, 0.05) is 0 Å². The maximum absolute atomic E-state index is 10.6. The Balaban J connectivity index is 3.60. The number of carbonyl (C=O) groups is 1. The third kappa shape index (κ3) is 4.14. The molecule has 0 spiro atoms. The molecule has 0 aliphatic heterocycles. The van der Waals surface area contributed by atoms with Gasteiger partial charge in [-0.2, -0.15) is 0 Å². The van der Waals surface area contributed by atoms with Gasteiger partial charge in [0.1, 0.15) is 6.29 Å². The minimum absolute atomic E-state index is 0.296. The Kier molecular flexibility index (Phi) is 5.12. The lowest BCUT2D eigenvalue weighted by molar-refractivity contribution is -0.112. The molecule has 0 aliphatic rings. The van der Waals surface area contributed by atoms with E-state index < -0.39 is 0 Å². The van der Waals surface area contributed by atoms with Gasteiger partial charge in [-0.05, 0) is 26.3 Å². The van der Waals surface area contributed by atoms with Crippen LogP contribution in [0.25, 0.3) is 0 Å². The van der Waals surface area contributed by atoms with E-state index in [-0.39, 0.29) is 5.54 Å². The number of rotatable bonds is 6. The molecule has 0 amide bonds. The molecule has 0 saturated carbocycles. The number of nitrogens with one attached hydrogen (secondary N) is 1. The van der Waals surface area contributed by atoms with Gasteiger partial charge in [-0.1, -0.05) is 20.3 Å². The van der Waals surface area contributed by atoms with Crippen LogP contribution in [0.1, 0.15) is 40.0 Å².